The first kappa shape index (κ1) is 24.2. The summed E-state index contributed by atoms with van der Waals surface area (Å²) in [7, 11) is 1.61. The lowest BCUT2D eigenvalue weighted by Crippen LogP contribution is -2.64. The number of nitrogens with one attached hydrogen (secondary N) is 1. The number of halogens is 2. The summed E-state index contributed by atoms with van der Waals surface area (Å²) in [5.74, 6) is -0.326. The summed E-state index contributed by atoms with van der Waals surface area (Å²) in [6.07, 6.45) is 2.90. The number of ether oxygens (including phenoxy) is 1. The summed E-state index contributed by atoms with van der Waals surface area (Å²) in [4.78, 5) is 18.1. The number of fused-ring (bicyclic) bond motifs is 1. The molecule has 3 aromatic carbocycles. The van der Waals surface area contributed by atoms with Crippen molar-refractivity contribution in [1.82, 2.24) is 4.90 Å². The van der Waals surface area contributed by atoms with Gasteiger partial charge in [0.15, 0.2) is 11.6 Å². The molecule has 1 fully saturated rings. The number of hydrogen-bond acceptors (Lipinski definition) is 5. The van der Waals surface area contributed by atoms with E-state index < -0.39 is 17.3 Å². The van der Waals surface area contributed by atoms with E-state index in [9.17, 15) is 13.6 Å². The number of benzene rings is 3. The van der Waals surface area contributed by atoms with E-state index in [-0.39, 0.29) is 5.91 Å². The molecular formula is C30H27F2N3O3. The minimum absolute atomic E-state index is 0.0797. The van der Waals surface area contributed by atoms with E-state index in [0.717, 1.165) is 28.8 Å². The minimum atomic E-state index is -0.848. The van der Waals surface area contributed by atoms with E-state index in [1.165, 1.54) is 6.07 Å². The largest absolute Gasteiger partial charge is 0.497 e. The van der Waals surface area contributed by atoms with Crippen molar-refractivity contribution in [2.75, 3.05) is 30.4 Å². The van der Waals surface area contributed by atoms with Crippen molar-refractivity contribution >= 4 is 17.3 Å². The molecule has 0 unspecified atom stereocenters. The van der Waals surface area contributed by atoms with Crippen molar-refractivity contribution in [1.29, 1.82) is 0 Å². The van der Waals surface area contributed by atoms with E-state index >= 15 is 0 Å². The average Bonchev–Trinajstić information content (AvgIpc) is 3.48. The highest BCUT2D eigenvalue weighted by Gasteiger charge is 2.47. The number of carbonyl (C=O) groups is 1. The van der Waals surface area contributed by atoms with Crippen LogP contribution < -0.4 is 15.0 Å². The van der Waals surface area contributed by atoms with Crippen molar-refractivity contribution in [3.63, 3.8) is 0 Å². The number of rotatable bonds is 5. The van der Waals surface area contributed by atoms with Crippen LogP contribution in [0, 0.1) is 11.6 Å². The molecule has 0 saturated carbocycles. The molecule has 1 aromatic heterocycles. The number of likely N-dealkylation sites (tertiary alicyclic amines) is 1. The van der Waals surface area contributed by atoms with Crippen LogP contribution in [0.4, 0.5) is 20.2 Å². The Hall–Kier alpha value is -4.17. The number of carbonyl (C=O) groups excluding carboxylic acids is 1. The zero-order chi connectivity index (χ0) is 26.3. The molecule has 3 heterocycles. The smallest absolute Gasteiger partial charge is 0.262 e. The van der Waals surface area contributed by atoms with Crippen LogP contribution in [0.5, 0.6) is 5.75 Å². The molecule has 0 bridgehead atoms. The Bertz CT molecular complexity index is 1460. The third-order valence-electron chi connectivity index (χ3n) is 7.46. The second kappa shape index (κ2) is 9.61. The first-order chi connectivity index (χ1) is 18.5. The molecule has 2 aliphatic heterocycles. The molecule has 38 heavy (non-hydrogen) atoms. The molecule has 1 amide bonds. The maximum Gasteiger partial charge on any atom is 0.262 e. The SMILES string of the molecule is COc1ccc(N2C(=O)c3ccc(-c4ccco4)cc3NC23CCN(Cc2ccc(F)c(F)c2)CC3)cc1. The Morgan fingerprint density at radius 3 is 2.45 bits per heavy atom. The molecule has 2 aliphatic rings. The fourth-order valence-electron chi connectivity index (χ4n) is 5.47. The van der Waals surface area contributed by atoms with Gasteiger partial charge >= 0.3 is 0 Å². The Morgan fingerprint density at radius 1 is 0.974 bits per heavy atom. The van der Waals surface area contributed by atoms with Crippen LogP contribution in [0.1, 0.15) is 28.8 Å². The normalized spacial score (nSPS) is 16.8. The molecule has 0 radical (unpaired) electrons. The summed E-state index contributed by atoms with van der Waals surface area (Å²) < 4.78 is 38.1. The van der Waals surface area contributed by atoms with Crippen LogP contribution in [-0.4, -0.2) is 36.7 Å². The highest BCUT2D eigenvalue weighted by Crippen LogP contribution is 2.42. The maximum absolute atomic E-state index is 14.0. The molecule has 0 atom stereocenters. The molecule has 8 heteroatoms. The van der Waals surface area contributed by atoms with E-state index in [1.54, 1.807) is 19.4 Å². The third-order valence-corrected chi connectivity index (χ3v) is 7.46. The Balaban J connectivity index is 1.33. The first-order valence-corrected chi connectivity index (χ1v) is 12.6. The lowest BCUT2D eigenvalue weighted by atomic mass is 9.88. The lowest BCUT2D eigenvalue weighted by Gasteiger charge is -2.52. The Kier molecular flexibility index (Phi) is 6.12. The highest BCUT2D eigenvalue weighted by atomic mass is 19.2. The molecule has 6 nitrogen and oxygen atoms in total. The van der Waals surface area contributed by atoms with Crippen molar-refractivity contribution in [3.8, 4) is 17.1 Å². The summed E-state index contributed by atoms with van der Waals surface area (Å²) >= 11 is 0. The number of methoxy groups -OCH3 is 1. The molecule has 0 aliphatic carbocycles. The predicted octanol–water partition coefficient (Wildman–Crippen LogP) is 6.30. The second-order valence-corrected chi connectivity index (χ2v) is 9.76. The molecular weight excluding hydrogens is 488 g/mol. The van der Waals surface area contributed by atoms with Gasteiger partial charge in [-0.15, -0.1) is 0 Å². The van der Waals surface area contributed by atoms with Crippen LogP contribution in [0.2, 0.25) is 0 Å². The lowest BCUT2D eigenvalue weighted by molar-refractivity contribution is 0.0904. The van der Waals surface area contributed by atoms with E-state index in [2.05, 4.69) is 10.2 Å². The number of anilines is 2. The fraction of sp³-hybridized carbons (Fsp3) is 0.233. The number of nitrogens with zero attached hydrogens (tertiary/aromatic N) is 2. The molecule has 194 valence electrons. The zero-order valence-corrected chi connectivity index (χ0v) is 20.9. The summed E-state index contributed by atoms with van der Waals surface area (Å²) in [6.45, 7) is 1.83. The number of hydrogen-bond donors (Lipinski definition) is 1. The quantitative estimate of drug-likeness (QED) is 0.338. The van der Waals surface area contributed by atoms with Crippen molar-refractivity contribution in [3.05, 3.63) is 102 Å². The number of furan rings is 1. The van der Waals surface area contributed by atoms with Crippen LogP contribution in [0.15, 0.2) is 83.5 Å². The van der Waals surface area contributed by atoms with Gasteiger partial charge in [0.1, 0.15) is 17.2 Å². The number of amides is 1. The summed E-state index contributed by atoms with van der Waals surface area (Å²) in [6, 6.07) is 20.9. The van der Waals surface area contributed by atoms with E-state index in [0.29, 0.717) is 49.4 Å². The monoisotopic (exact) mass is 515 g/mol. The Labute approximate surface area is 219 Å². The zero-order valence-electron chi connectivity index (χ0n) is 20.9. The highest BCUT2D eigenvalue weighted by molar-refractivity contribution is 6.13. The van der Waals surface area contributed by atoms with E-state index in [1.807, 2.05) is 59.5 Å². The third kappa shape index (κ3) is 4.31. The molecule has 1 saturated heterocycles. The average molecular weight is 516 g/mol. The standard InChI is InChI=1S/C30H27F2N3O3/c1-37-23-8-6-22(7-9-23)35-29(36)24-10-5-21(28-3-2-16-38-28)18-27(24)33-30(35)12-14-34(15-13-30)19-20-4-11-25(31)26(32)17-20/h2-11,16-18,33H,12-15,19H2,1H3. The van der Waals surface area contributed by atoms with Gasteiger partial charge in [-0.3, -0.25) is 14.6 Å². The van der Waals surface area contributed by atoms with Gasteiger partial charge in [-0.1, -0.05) is 12.1 Å². The van der Waals surface area contributed by atoms with Crippen LogP contribution in [-0.2, 0) is 6.54 Å². The molecule has 1 N–H and O–H groups in total. The van der Waals surface area contributed by atoms with Gasteiger partial charge in [-0.2, -0.15) is 0 Å². The van der Waals surface area contributed by atoms with Gasteiger partial charge in [0, 0.05) is 49.4 Å². The summed E-state index contributed by atoms with van der Waals surface area (Å²) in [5, 5.41) is 3.72. The molecule has 1 spiro atoms. The van der Waals surface area contributed by atoms with Crippen molar-refractivity contribution < 1.29 is 22.7 Å². The van der Waals surface area contributed by atoms with E-state index in [4.69, 9.17) is 9.15 Å². The Morgan fingerprint density at radius 2 is 1.76 bits per heavy atom. The summed E-state index contributed by atoms with van der Waals surface area (Å²) in [5.41, 5.74) is 3.07. The molecule has 4 aromatic rings. The van der Waals surface area contributed by atoms with Gasteiger partial charge in [0.2, 0.25) is 0 Å². The van der Waals surface area contributed by atoms with Gasteiger partial charge in [-0.25, -0.2) is 8.78 Å². The van der Waals surface area contributed by atoms with Crippen LogP contribution in [0.25, 0.3) is 11.3 Å². The van der Waals surface area contributed by atoms with Gasteiger partial charge in [0.25, 0.3) is 5.91 Å². The fourth-order valence-corrected chi connectivity index (χ4v) is 5.47. The van der Waals surface area contributed by atoms with Gasteiger partial charge in [-0.05, 0) is 66.2 Å². The van der Waals surface area contributed by atoms with Crippen molar-refractivity contribution in [2.24, 2.45) is 0 Å². The predicted molar refractivity (Wildman–Crippen MR) is 141 cm³/mol. The molecule has 6 rings (SSSR count). The van der Waals surface area contributed by atoms with Crippen LogP contribution in [0.3, 0.4) is 0 Å². The van der Waals surface area contributed by atoms with Gasteiger partial charge < -0.3 is 14.5 Å². The maximum atomic E-state index is 14.0. The van der Waals surface area contributed by atoms with Crippen molar-refractivity contribution in [2.45, 2.75) is 25.0 Å². The van der Waals surface area contributed by atoms with Crippen LogP contribution >= 0.6 is 0 Å². The topological polar surface area (TPSA) is 58.0 Å². The van der Waals surface area contributed by atoms with Gasteiger partial charge in [0.05, 0.1) is 18.9 Å². The minimum Gasteiger partial charge on any atom is -0.497 e. The first-order valence-electron chi connectivity index (χ1n) is 12.6. The second-order valence-electron chi connectivity index (χ2n) is 9.76. The number of piperidine rings is 1.